The van der Waals surface area contributed by atoms with Crippen molar-refractivity contribution in [3.8, 4) is 0 Å². The topological polar surface area (TPSA) is 69.6 Å². The number of rotatable bonds is 57. The normalized spacial score (nSPS) is 13.6. The van der Waals surface area contributed by atoms with Crippen molar-refractivity contribution in [1.82, 2.24) is 5.32 Å². The van der Waals surface area contributed by atoms with Crippen LogP contribution in [0.2, 0.25) is 0 Å². The zero-order valence-electron chi connectivity index (χ0n) is 48.8. The second-order valence-corrected chi connectivity index (χ2v) is 21.1. The summed E-state index contributed by atoms with van der Waals surface area (Å²) in [5.41, 5.74) is 0. The molecule has 0 aromatic carbocycles. The predicted octanol–water partition coefficient (Wildman–Crippen LogP) is 21.6. The van der Waals surface area contributed by atoms with Crippen LogP contribution in [0.15, 0.2) is 122 Å². The number of carbonyl (C=O) groups excluding carboxylic acids is 1. The first-order valence-corrected chi connectivity index (χ1v) is 31.7. The molecular formula is C70H121NO3. The van der Waals surface area contributed by atoms with Crippen molar-refractivity contribution in [3.05, 3.63) is 122 Å². The van der Waals surface area contributed by atoms with Gasteiger partial charge >= 0.3 is 0 Å². The van der Waals surface area contributed by atoms with E-state index in [0.29, 0.717) is 12.8 Å². The predicted molar refractivity (Wildman–Crippen MR) is 331 cm³/mol. The average molecular weight is 1020 g/mol. The summed E-state index contributed by atoms with van der Waals surface area (Å²) in [6.45, 7) is 4.24. The minimum atomic E-state index is -0.689. The van der Waals surface area contributed by atoms with Gasteiger partial charge in [-0.05, 0) is 89.9 Å². The van der Waals surface area contributed by atoms with E-state index < -0.39 is 12.1 Å². The van der Waals surface area contributed by atoms with Crippen molar-refractivity contribution >= 4 is 5.91 Å². The monoisotopic (exact) mass is 1020 g/mol. The molecule has 0 aliphatic carbocycles. The Morgan fingerprint density at radius 2 is 0.595 bits per heavy atom. The smallest absolute Gasteiger partial charge is 0.220 e. The molecule has 74 heavy (non-hydrogen) atoms. The maximum Gasteiger partial charge on any atom is 0.220 e. The number of aliphatic hydroxyl groups excluding tert-OH is 2. The summed E-state index contributed by atoms with van der Waals surface area (Å²) in [7, 11) is 0. The van der Waals surface area contributed by atoms with Crippen molar-refractivity contribution in [2.45, 2.75) is 309 Å². The van der Waals surface area contributed by atoms with Crippen LogP contribution in [0.3, 0.4) is 0 Å². The zero-order valence-corrected chi connectivity index (χ0v) is 48.8. The van der Waals surface area contributed by atoms with Crippen LogP contribution < -0.4 is 5.32 Å². The highest BCUT2D eigenvalue weighted by atomic mass is 16.3. The molecule has 424 valence electrons. The lowest BCUT2D eigenvalue weighted by Crippen LogP contribution is -2.45. The molecule has 0 saturated heterocycles. The molecule has 1 amide bonds. The number of unbranched alkanes of at least 4 members (excludes halogenated alkanes) is 30. The molecule has 0 heterocycles. The molecule has 0 saturated carbocycles. The summed E-state index contributed by atoms with van der Waals surface area (Å²) in [6.07, 6.45) is 97.8. The van der Waals surface area contributed by atoms with Gasteiger partial charge in [-0.25, -0.2) is 0 Å². The number of hydrogen-bond acceptors (Lipinski definition) is 3. The van der Waals surface area contributed by atoms with Gasteiger partial charge in [0.05, 0.1) is 18.8 Å². The molecular weight excluding hydrogens is 903 g/mol. The summed E-state index contributed by atoms with van der Waals surface area (Å²) >= 11 is 0. The van der Waals surface area contributed by atoms with Crippen LogP contribution in [-0.4, -0.2) is 34.9 Å². The molecule has 0 aromatic heterocycles. The number of aliphatic hydroxyl groups is 2. The van der Waals surface area contributed by atoms with E-state index in [1.165, 1.54) is 173 Å². The molecule has 3 N–H and O–H groups in total. The van der Waals surface area contributed by atoms with Crippen molar-refractivity contribution in [2.24, 2.45) is 0 Å². The highest BCUT2D eigenvalue weighted by molar-refractivity contribution is 5.76. The molecule has 0 fully saturated rings. The number of hydrogen-bond donors (Lipinski definition) is 3. The third-order valence-corrected chi connectivity index (χ3v) is 14.0. The summed E-state index contributed by atoms with van der Waals surface area (Å²) < 4.78 is 0. The van der Waals surface area contributed by atoms with Crippen molar-refractivity contribution in [2.75, 3.05) is 6.61 Å². The van der Waals surface area contributed by atoms with Crippen LogP contribution in [0.4, 0.5) is 0 Å². The van der Waals surface area contributed by atoms with Gasteiger partial charge in [0.15, 0.2) is 0 Å². The molecule has 4 nitrogen and oxygen atoms in total. The van der Waals surface area contributed by atoms with Gasteiger partial charge < -0.3 is 15.5 Å². The van der Waals surface area contributed by atoms with Gasteiger partial charge in [-0.2, -0.15) is 0 Å². The maximum atomic E-state index is 12.5. The van der Waals surface area contributed by atoms with E-state index in [1.807, 2.05) is 0 Å². The average Bonchev–Trinajstić information content (AvgIpc) is 3.40. The maximum absolute atomic E-state index is 12.5. The molecule has 0 aliphatic heterocycles. The number of amides is 1. The van der Waals surface area contributed by atoms with E-state index in [0.717, 1.165) is 96.3 Å². The van der Waals surface area contributed by atoms with Gasteiger partial charge in [0.2, 0.25) is 5.91 Å². The molecule has 2 atom stereocenters. The summed E-state index contributed by atoms with van der Waals surface area (Å²) in [5, 5.41) is 23.4. The van der Waals surface area contributed by atoms with E-state index in [1.54, 1.807) is 0 Å². The second kappa shape index (κ2) is 64.1. The molecule has 0 rings (SSSR count). The Morgan fingerprint density at radius 1 is 0.338 bits per heavy atom. The molecule has 0 radical (unpaired) electrons. The van der Waals surface area contributed by atoms with Gasteiger partial charge in [0.1, 0.15) is 0 Å². The van der Waals surface area contributed by atoms with Gasteiger partial charge in [-0.3, -0.25) is 4.79 Å². The number of nitrogens with one attached hydrogen (secondary N) is 1. The first kappa shape index (κ1) is 70.8. The van der Waals surface area contributed by atoms with Crippen LogP contribution >= 0.6 is 0 Å². The lowest BCUT2D eigenvalue weighted by atomic mass is 10.0. The first-order chi connectivity index (χ1) is 36.7. The third-order valence-electron chi connectivity index (χ3n) is 14.0. The minimum Gasteiger partial charge on any atom is -0.394 e. The van der Waals surface area contributed by atoms with E-state index in [-0.39, 0.29) is 12.5 Å². The summed E-state index contributed by atoms with van der Waals surface area (Å²) in [6, 6.07) is -0.571. The molecule has 2 unspecified atom stereocenters. The van der Waals surface area contributed by atoms with Crippen LogP contribution in [0, 0.1) is 0 Å². The Kier molecular flexibility index (Phi) is 61.3. The minimum absolute atomic E-state index is 0.0750. The fourth-order valence-corrected chi connectivity index (χ4v) is 9.21. The lowest BCUT2D eigenvalue weighted by molar-refractivity contribution is -0.123. The SMILES string of the molecule is CC/C=C\C/C=C\C/C=C\C/C=C\C/C=C\C/C=C\C/C=C\C/C=C\C/C=C\C/C=C\CCCCC(=O)NC(CO)C(O)CCCCCCCCCCCCCCCCCCCCCCCCCCCCCCC. The van der Waals surface area contributed by atoms with Gasteiger partial charge in [-0.15, -0.1) is 0 Å². The second-order valence-electron chi connectivity index (χ2n) is 21.1. The zero-order chi connectivity index (χ0) is 53.4. The van der Waals surface area contributed by atoms with E-state index in [4.69, 9.17) is 0 Å². The summed E-state index contributed by atoms with van der Waals surface area (Å²) in [4.78, 5) is 12.5. The van der Waals surface area contributed by atoms with Crippen LogP contribution in [0.5, 0.6) is 0 Å². The first-order valence-electron chi connectivity index (χ1n) is 31.7. The van der Waals surface area contributed by atoms with Gasteiger partial charge in [0, 0.05) is 6.42 Å². The Labute approximate surface area is 460 Å². The van der Waals surface area contributed by atoms with E-state index in [2.05, 4.69) is 141 Å². The van der Waals surface area contributed by atoms with Crippen LogP contribution in [0.25, 0.3) is 0 Å². The van der Waals surface area contributed by atoms with Crippen LogP contribution in [-0.2, 0) is 4.79 Å². The fourth-order valence-electron chi connectivity index (χ4n) is 9.21. The quantitative estimate of drug-likeness (QED) is 0.0420. The van der Waals surface area contributed by atoms with Gasteiger partial charge in [0.25, 0.3) is 0 Å². The standard InChI is InChI=1S/C70H121NO3/c1-3-5-7-9-11-13-15-17-19-21-23-25-27-29-31-33-34-35-36-38-40-42-44-46-48-50-52-54-56-58-60-62-64-66-70(74)71-68(67-72)69(73)65-63-61-59-57-55-53-51-49-47-45-43-41-39-37-32-30-28-26-24-22-20-18-16-14-12-10-8-6-4-2/h5,7,11,13,17,19,23,25,29,31,34-35,38,40,44,46,50,52,56,58,68-69,72-73H,3-4,6,8-10,12,14-16,18,20-22,24,26-28,30,32-33,36-37,39,41-43,45,47-49,51,53-55,57,59-67H2,1-2H3,(H,71,74)/b7-5-,13-11-,19-17-,25-23-,31-29-,35-34-,40-38-,46-44-,52-50-,58-56-. The van der Waals surface area contributed by atoms with Crippen molar-refractivity contribution < 1.29 is 15.0 Å². The lowest BCUT2D eigenvalue weighted by Gasteiger charge is -2.22. The third kappa shape index (κ3) is 59.7. The highest BCUT2D eigenvalue weighted by Gasteiger charge is 2.20. The Hall–Kier alpha value is -3.21. The number of carbonyl (C=O) groups is 1. The largest absolute Gasteiger partial charge is 0.394 e. The van der Waals surface area contributed by atoms with E-state index in [9.17, 15) is 15.0 Å². The molecule has 0 aromatic rings. The molecule has 0 bridgehead atoms. The summed E-state index contributed by atoms with van der Waals surface area (Å²) in [5.74, 6) is -0.0750. The Morgan fingerprint density at radius 3 is 0.865 bits per heavy atom. The Balaban J connectivity index is 3.60. The fraction of sp³-hybridized carbons (Fsp3) is 0.700. The van der Waals surface area contributed by atoms with Crippen molar-refractivity contribution in [1.29, 1.82) is 0 Å². The van der Waals surface area contributed by atoms with Crippen molar-refractivity contribution in [3.63, 3.8) is 0 Å². The number of allylic oxidation sites excluding steroid dienone is 20. The van der Waals surface area contributed by atoms with Crippen LogP contribution in [0.1, 0.15) is 296 Å². The van der Waals surface area contributed by atoms with Gasteiger partial charge in [-0.1, -0.05) is 322 Å². The molecule has 4 heteroatoms. The highest BCUT2D eigenvalue weighted by Crippen LogP contribution is 2.17. The van der Waals surface area contributed by atoms with E-state index >= 15 is 0 Å². The molecule has 0 aliphatic rings. The Bertz CT molecular complexity index is 1440. The molecule has 0 spiro atoms.